The van der Waals surface area contributed by atoms with Gasteiger partial charge in [0, 0.05) is 23.4 Å². The molecule has 2 rings (SSSR count). The minimum atomic E-state index is -1.33. The van der Waals surface area contributed by atoms with Gasteiger partial charge in [-0.1, -0.05) is 0 Å². The predicted molar refractivity (Wildman–Crippen MR) is 86.4 cm³/mol. The number of benzene rings is 1. The fourth-order valence-electron chi connectivity index (χ4n) is 2.62. The van der Waals surface area contributed by atoms with E-state index >= 15 is 0 Å². The van der Waals surface area contributed by atoms with Gasteiger partial charge in [-0.15, -0.1) is 0 Å². The Hall–Kier alpha value is -2.08. The maximum absolute atomic E-state index is 14.3. The van der Waals surface area contributed by atoms with Crippen LogP contribution in [0.15, 0.2) is 23.0 Å². The van der Waals surface area contributed by atoms with E-state index in [4.69, 9.17) is 4.74 Å². The average Bonchev–Trinajstić information content (AvgIpc) is 2.73. The summed E-state index contributed by atoms with van der Waals surface area (Å²) in [4.78, 5) is 12.1. The van der Waals surface area contributed by atoms with Gasteiger partial charge in [0.25, 0.3) is 5.56 Å². The summed E-state index contributed by atoms with van der Waals surface area (Å²) in [5, 5.41) is 13.2. The molecule has 5 nitrogen and oxygen atoms in total. The number of aromatic amines is 1. The van der Waals surface area contributed by atoms with E-state index in [2.05, 4.69) is 5.10 Å². The third-order valence-corrected chi connectivity index (χ3v) is 3.65. The van der Waals surface area contributed by atoms with Crippen LogP contribution in [0.1, 0.15) is 56.7 Å². The van der Waals surface area contributed by atoms with E-state index in [0.29, 0.717) is 11.4 Å². The van der Waals surface area contributed by atoms with Crippen molar-refractivity contribution in [2.24, 2.45) is 0 Å². The lowest BCUT2D eigenvalue weighted by molar-refractivity contribution is 0.211. The number of aromatic nitrogens is 2. The monoisotopic (exact) mass is 322 g/mol. The van der Waals surface area contributed by atoms with Gasteiger partial charge in [0.05, 0.1) is 11.7 Å². The molecule has 2 aromatic rings. The lowest BCUT2D eigenvalue weighted by Gasteiger charge is -2.15. The number of halogens is 1. The van der Waals surface area contributed by atoms with Crippen molar-refractivity contribution >= 4 is 0 Å². The normalized spacial score (nSPS) is 12.9. The van der Waals surface area contributed by atoms with Crippen LogP contribution >= 0.6 is 0 Å². The van der Waals surface area contributed by atoms with Crippen LogP contribution in [0.5, 0.6) is 5.75 Å². The van der Waals surface area contributed by atoms with Gasteiger partial charge in [-0.05, 0) is 46.8 Å². The van der Waals surface area contributed by atoms with Crippen LogP contribution in [0, 0.1) is 12.7 Å². The number of ether oxygens (including phenoxy) is 1. The van der Waals surface area contributed by atoms with Crippen LogP contribution in [0.2, 0.25) is 0 Å². The summed E-state index contributed by atoms with van der Waals surface area (Å²) in [6, 6.07) is 4.30. The zero-order valence-corrected chi connectivity index (χ0v) is 14.1. The van der Waals surface area contributed by atoms with Gasteiger partial charge in [-0.3, -0.25) is 14.6 Å². The first-order valence-corrected chi connectivity index (χ1v) is 7.67. The minimum Gasteiger partial charge on any atom is -0.491 e. The van der Waals surface area contributed by atoms with E-state index in [1.807, 2.05) is 27.7 Å². The molecule has 1 aromatic carbocycles. The Labute approximate surface area is 134 Å². The number of rotatable bonds is 5. The molecular formula is C17H23FN2O3. The van der Waals surface area contributed by atoms with Crippen LogP contribution in [0.3, 0.4) is 0 Å². The van der Waals surface area contributed by atoms with Gasteiger partial charge in [0.2, 0.25) is 0 Å². The van der Waals surface area contributed by atoms with Crippen LogP contribution < -0.4 is 10.3 Å². The summed E-state index contributed by atoms with van der Waals surface area (Å²) in [6.45, 7) is 9.25. The largest absolute Gasteiger partial charge is 0.491 e. The molecule has 0 saturated carbocycles. The van der Waals surface area contributed by atoms with Crippen molar-refractivity contribution in [3.8, 4) is 5.75 Å². The Kier molecular flexibility index (Phi) is 4.94. The number of hydrogen-bond acceptors (Lipinski definition) is 3. The van der Waals surface area contributed by atoms with Gasteiger partial charge in [0.15, 0.2) is 0 Å². The van der Waals surface area contributed by atoms with E-state index < -0.39 is 17.5 Å². The fraction of sp³-hybridized carbons (Fsp3) is 0.471. The Morgan fingerprint density at radius 3 is 2.39 bits per heavy atom. The molecule has 0 fully saturated rings. The number of hydrogen-bond donors (Lipinski definition) is 2. The molecule has 1 unspecified atom stereocenters. The molecule has 0 spiro atoms. The molecule has 1 atom stereocenters. The van der Waals surface area contributed by atoms with Crippen molar-refractivity contribution in [1.82, 2.24) is 9.78 Å². The molecule has 0 aliphatic carbocycles. The fourth-order valence-corrected chi connectivity index (χ4v) is 2.62. The second-order valence-corrected chi connectivity index (χ2v) is 6.16. The topological polar surface area (TPSA) is 67.2 Å². The molecule has 0 radical (unpaired) electrons. The highest BCUT2D eigenvalue weighted by Gasteiger charge is 2.24. The Morgan fingerprint density at radius 1 is 1.26 bits per heavy atom. The summed E-state index contributed by atoms with van der Waals surface area (Å²) in [5.74, 6) is -0.217. The Balaban J connectivity index is 2.42. The summed E-state index contributed by atoms with van der Waals surface area (Å²) in [5.41, 5.74) is 0.399. The average molecular weight is 322 g/mol. The molecule has 1 heterocycles. The van der Waals surface area contributed by atoms with Gasteiger partial charge >= 0.3 is 0 Å². The number of nitrogens with zero attached hydrogens (tertiary/aromatic N) is 1. The first-order chi connectivity index (χ1) is 10.7. The Bertz CT molecular complexity index is 747. The molecule has 23 heavy (non-hydrogen) atoms. The summed E-state index contributed by atoms with van der Waals surface area (Å²) >= 11 is 0. The molecule has 0 aliphatic rings. The van der Waals surface area contributed by atoms with Gasteiger partial charge in [-0.25, -0.2) is 4.39 Å². The zero-order chi connectivity index (χ0) is 17.3. The van der Waals surface area contributed by atoms with Gasteiger partial charge < -0.3 is 9.84 Å². The molecule has 2 N–H and O–H groups in total. The molecular weight excluding hydrogens is 299 g/mol. The van der Waals surface area contributed by atoms with E-state index in [1.165, 1.54) is 12.1 Å². The Morgan fingerprint density at radius 2 is 1.91 bits per heavy atom. The third kappa shape index (κ3) is 3.47. The van der Waals surface area contributed by atoms with Crippen molar-refractivity contribution < 1.29 is 14.2 Å². The van der Waals surface area contributed by atoms with E-state index in [9.17, 15) is 14.3 Å². The smallest absolute Gasteiger partial charge is 0.270 e. The maximum Gasteiger partial charge on any atom is 0.270 e. The minimum absolute atomic E-state index is 0.0373. The summed E-state index contributed by atoms with van der Waals surface area (Å²) < 4.78 is 21.4. The molecule has 1 aromatic heterocycles. The van der Waals surface area contributed by atoms with E-state index in [-0.39, 0.29) is 23.3 Å². The number of aliphatic hydroxyl groups excluding tert-OH is 1. The number of H-pyrrole nitrogens is 1. The van der Waals surface area contributed by atoms with Crippen molar-refractivity contribution in [2.75, 3.05) is 0 Å². The van der Waals surface area contributed by atoms with Gasteiger partial charge in [-0.2, -0.15) is 0 Å². The van der Waals surface area contributed by atoms with Crippen LogP contribution in [0.25, 0.3) is 0 Å². The summed E-state index contributed by atoms with van der Waals surface area (Å²) in [7, 11) is 0. The number of aliphatic hydroxyl groups is 1. The maximum atomic E-state index is 14.3. The zero-order valence-electron chi connectivity index (χ0n) is 14.1. The second kappa shape index (κ2) is 6.58. The molecule has 126 valence electrons. The van der Waals surface area contributed by atoms with Crippen molar-refractivity contribution in [3.05, 3.63) is 51.2 Å². The number of nitrogens with one attached hydrogen (secondary N) is 1. The highest BCUT2D eigenvalue weighted by molar-refractivity contribution is 5.36. The van der Waals surface area contributed by atoms with Gasteiger partial charge in [0.1, 0.15) is 17.7 Å². The standard InChI is InChI=1S/C17H23FN2O3/c1-9(2)20-11(5)15(17(22)19-20)16(21)13-7-6-12(8-14(13)18)23-10(3)4/h6-10,16,21H,1-5H3,(H,19,22). The summed E-state index contributed by atoms with van der Waals surface area (Å²) in [6.07, 6.45) is -1.40. The molecule has 0 saturated heterocycles. The molecule has 0 amide bonds. The first-order valence-electron chi connectivity index (χ1n) is 7.67. The van der Waals surface area contributed by atoms with E-state index in [0.717, 1.165) is 0 Å². The third-order valence-electron chi connectivity index (χ3n) is 3.65. The van der Waals surface area contributed by atoms with Crippen LogP contribution in [-0.2, 0) is 0 Å². The molecule has 0 aliphatic heterocycles. The van der Waals surface area contributed by atoms with Crippen molar-refractivity contribution in [1.29, 1.82) is 0 Å². The highest BCUT2D eigenvalue weighted by atomic mass is 19.1. The highest BCUT2D eigenvalue weighted by Crippen LogP contribution is 2.28. The lowest BCUT2D eigenvalue weighted by atomic mass is 10.0. The van der Waals surface area contributed by atoms with Crippen molar-refractivity contribution in [3.63, 3.8) is 0 Å². The van der Waals surface area contributed by atoms with Crippen molar-refractivity contribution in [2.45, 2.75) is 52.9 Å². The molecule has 0 bridgehead atoms. The second-order valence-electron chi connectivity index (χ2n) is 6.16. The molecule has 6 heteroatoms. The predicted octanol–water partition coefficient (Wildman–Crippen LogP) is 3.07. The quantitative estimate of drug-likeness (QED) is 0.889. The van der Waals surface area contributed by atoms with E-state index in [1.54, 1.807) is 17.7 Å². The van der Waals surface area contributed by atoms with Crippen LogP contribution in [-0.4, -0.2) is 21.0 Å². The lowest BCUT2D eigenvalue weighted by Crippen LogP contribution is -2.14. The van der Waals surface area contributed by atoms with Crippen LogP contribution in [0.4, 0.5) is 4.39 Å². The SMILES string of the molecule is Cc1c(C(O)c2ccc(OC(C)C)cc2F)c(=O)[nH]n1C(C)C. The first kappa shape index (κ1) is 17.3.